The van der Waals surface area contributed by atoms with Crippen LogP contribution in [0.3, 0.4) is 0 Å². The van der Waals surface area contributed by atoms with Gasteiger partial charge in [-0.1, -0.05) is 62.9 Å². The maximum absolute atomic E-state index is 12.8. The molecule has 0 aliphatic rings. The number of hydrogen-bond donors (Lipinski definition) is 2. The number of allylic oxidation sites excluding steroid dienone is 1. The zero-order valence-electron chi connectivity index (χ0n) is 20.3. The molecule has 2 aromatic carbocycles. The lowest BCUT2D eigenvalue weighted by Gasteiger charge is -2.19. The number of nitrogens with one attached hydrogen (secondary N) is 2. The van der Waals surface area contributed by atoms with Gasteiger partial charge in [0.25, 0.3) is 0 Å². The first-order chi connectivity index (χ1) is 16.1. The van der Waals surface area contributed by atoms with Crippen molar-refractivity contribution in [3.8, 4) is 11.4 Å². The fourth-order valence-corrected chi connectivity index (χ4v) is 4.16. The van der Waals surface area contributed by atoms with Crippen LogP contribution in [0.15, 0.2) is 66.3 Å². The minimum Gasteiger partial charge on any atom is -0.326 e. The summed E-state index contributed by atoms with van der Waals surface area (Å²) in [5.41, 5.74) is 3.61. The van der Waals surface area contributed by atoms with Crippen LogP contribution in [-0.2, 0) is 21.5 Å². The first-order valence-corrected chi connectivity index (χ1v) is 12.0. The first kappa shape index (κ1) is 25.2. The van der Waals surface area contributed by atoms with Gasteiger partial charge in [0.2, 0.25) is 11.8 Å². The van der Waals surface area contributed by atoms with E-state index in [0.717, 1.165) is 11.4 Å². The minimum atomic E-state index is -0.404. The molecule has 0 saturated carbocycles. The maximum atomic E-state index is 12.8. The summed E-state index contributed by atoms with van der Waals surface area (Å²) in [5.74, 6) is 0.445. The summed E-state index contributed by atoms with van der Waals surface area (Å²) in [7, 11) is 0. The van der Waals surface area contributed by atoms with Gasteiger partial charge in [-0.2, -0.15) is 0 Å². The standard InChI is InChI=1S/C26H31N5O2S/c1-7-16-31-23(19-8-10-20(11-9-19)26(4,5)6)29-30-25(31)34-17(2)24(33)28-22-14-12-21(13-15-22)27-18(3)32/h7-15,17H,1,16H2,2-6H3,(H,27,32)(H,28,33). The molecule has 0 radical (unpaired) electrons. The largest absolute Gasteiger partial charge is 0.326 e. The molecular formula is C26H31N5O2S. The zero-order chi connectivity index (χ0) is 24.9. The Morgan fingerprint density at radius 1 is 1.03 bits per heavy atom. The van der Waals surface area contributed by atoms with E-state index in [4.69, 9.17) is 0 Å². The van der Waals surface area contributed by atoms with Crippen LogP contribution in [0.1, 0.15) is 40.2 Å². The van der Waals surface area contributed by atoms with Gasteiger partial charge in [0, 0.05) is 30.4 Å². The van der Waals surface area contributed by atoms with Crippen LogP contribution in [0.25, 0.3) is 11.4 Å². The average Bonchev–Trinajstić information content (AvgIpc) is 3.16. The lowest BCUT2D eigenvalue weighted by atomic mass is 9.87. The fraction of sp³-hybridized carbons (Fsp3) is 0.308. The van der Waals surface area contributed by atoms with Crippen molar-refractivity contribution in [2.24, 2.45) is 0 Å². The summed E-state index contributed by atoms with van der Waals surface area (Å²) in [4.78, 5) is 23.9. The molecule has 7 nitrogen and oxygen atoms in total. The van der Waals surface area contributed by atoms with E-state index >= 15 is 0 Å². The third-order valence-electron chi connectivity index (χ3n) is 5.16. The molecule has 1 atom stereocenters. The monoisotopic (exact) mass is 477 g/mol. The van der Waals surface area contributed by atoms with Crippen molar-refractivity contribution in [3.63, 3.8) is 0 Å². The second kappa shape index (κ2) is 10.7. The SMILES string of the molecule is C=CCn1c(SC(C)C(=O)Nc2ccc(NC(C)=O)cc2)nnc1-c1ccc(C(C)(C)C)cc1. The number of hydrogen-bond acceptors (Lipinski definition) is 5. The van der Waals surface area contributed by atoms with Gasteiger partial charge in [-0.3, -0.25) is 14.2 Å². The van der Waals surface area contributed by atoms with Crippen LogP contribution in [0, 0.1) is 0 Å². The fourth-order valence-electron chi connectivity index (χ4n) is 3.30. The van der Waals surface area contributed by atoms with Gasteiger partial charge in [-0.25, -0.2) is 0 Å². The van der Waals surface area contributed by atoms with Crippen LogP contribution < -0.4 is 10.6 Å². The molecule has 34 heavy (non-hydrogen) atoms. The van der Waals surface area contributed by atoms with Crippen LogP contribution in [0.4, 0.5) is 11.4 Å². The Morgan fingerprint density at radius 3 is 2.15 bits per heavy atom. The number of nitrogens with zero attached hydrogens (tertiary/aromatic N) is 3. The lowest BCUT2D eigenvalue weighted by molar-refractivity contribution is -0.115. The van der Waals surface area contributed by atoms with Gasteiger partial charge in [-0.05, 0) is 42.2 Å². The maximum Gasteiger partial charge on any atom is 0.237 e. The number of anilines is 2. The van der Waals surface area contributed by atoms with Crippen molar-refractivity contribution >= 4 is 35.0 Å². The smallest absolute Gasteiger partial charge is 0.237 e. The van der Waals surface area contributed by atoms with Gasteiger partial charge in [0.05, 0.1) is 5.25 Å². The Hall–Kier alpha value is -3.39. The molecule has 0 saturated heterocycles. The molecule has 0 bridgehead atoms. The number of benzene rings is 2. The van der Waals surface area contributed by atoms with Crippen LogP contribution >= 0.6 is 11.8 Å². The molecule has 1 heterocycles. The highest BCUT2D eigenvalue weighted by molar-refractivity contribution is 8.00. The van der Waals surface area contributed by atoms with Crippen LogP contribution in [0.5, 0.6) is 0 Å². The van der Waals surface area contributed by atoms with E-state index in [1.165, 1.54) is 24.2 Å². The van der Waals surface area contributed by atoms with E-state index in [2.05, 4.69) is 72.4 Å². The summed E-state index contributed by atoms with van der Waals surface area (Å²) < 4.78 is 1.97. The van der Waals surface area contributed by atoms with Gasteiger partial charge >= 0.3 is 0 Å². The van der Waals surface area contributed by atoms with Crippen molar-refractivity contribution in [3.05, 3.63) is 66.7 Å². The normalized spacial score (nSPS) is 12.1. The van der Waals surface area contributed by atoms with Crippen molar-refractivity contribution in [1.82, 2.24) is 14.8 Å². The van der Waals surface area contributed by atoms with Crippen molar-refractivity contribution in [1.29, 1.82) is 0 Å². The number of carbonyl (C=O) groups is 2. The van der Waals surface area contributed by atoms with E-state index in [-0.39, 0.29) is 17.2 Å². The molecule has 8 heteroatoms. The highest BCUT2D eigenvalue weighted by Crippen LogP contribution is 2.29. The van der Waals surface area contributed by atoms with Crippen molar-refractivity contribution < 1.29 is 9.59 Å². The second-order valence-corrected chi connectivity index (χ2v) is 10.3. The zero-order valence-corrected chi connectivity index (χ0v) is 21.1. The second-order valence-electron chi connectivity index (χ2n) is 9.04. The Morgan fingerprint density at radius 2 is 1.62 bits per heavy atom. The van der Waals surface area contributed by atoms with Crippen LogP contribution in [0.2, 0.25) is 0 Å². The van der Waals surface area contributed by atoms with Crippen molar-refractivity contribution in [2.75, 3.05) is 10.6 Å². The van der Waals surface area contributed by atoms with Gasteiger partial charge < -0.3 is 10.6 Å². The molecule has 0 fully saturated rings. The lowest BCUT2D eigenvalue weighted by Crippen LogP contribution is -2.23. The highest BCUT2D eigenvalue weighted by Gasteiger charge is 2.21. The molecule has 0 aliphatic carbocycles. The van der Waals surface area contributed by atoms with E-state index < -0.39 is 5.25 Å². The third-order valence-corrected chi connectivity index (χ3v) is 6.24. The first-order valence-electron chi connectivity index (χ1n) is 11.1. The Bertz CT molecular complexity index is 1160. The van der Waals surface area contributed by atoms with E-state index in [9.17, 15) is 9.59 Å². The summed E-state index contributed by atoms with van der Waals surface area (Å²) in [6.07, 6.45) is 1.79. The van der Waals surface area contributed by atoms with Gasteiger partial charge in [-0.15, -0.1) is 16.8 Å². The summed E-state index contributed by atoms with van der Waals surface area (Å²) in [5, 5.41) is 14.6. The number of amides is 2. The number of aromatic nitrogens is 3. The topological polar surface area (TPSA) is 88.9 Å². The van der Waals surface area contributed by atoms with E-state index in [0.29, 0.717) is 23.1 Å². The minimum absolute atomic E-state index is 0.0708. The summed E-state index contributed by atoms with van der Waals surface area (Å²) in [6.45, 7) is 14.2. The molecule has 178 valence electrons. The van der Waals surface area contributed by atoms with Gasteiger partial charge in [0.1, 0.15) is 0 Å². The van der Waals surface area contributed by atoms with E-state index in [1.807, 2.05) is 11.5 Å². The molecule has 3 rings (SSSR count). The molecular weight excluding hydrogens is 446 g/mol. The number of rotatable bonds is 8. The molecule has 3 aromatic rings. The number of thioether (sulfide) groups is 1. The Kier molecular flexibility index (Phi) is 7.94. The quantitative estimate of drug-likeness (QED) is 0.330. The number of carbonyl (C=O) groups excluding carboxylic acids is 2. The Balaban J connectivity index is 1.73. The van der Waals surface area contributed by atoms with Crippen molar-refractivity contribution in [2.45, 2.75) is 57.0 Å². The highest BCUT2D eigenvalue weighted by atomic mass is 32.2. The molecule has 1 aromatic heterocycles. The predicted molar refractivity (Wildman–Crippen MR) is 139 cm³/mol. The molecule has 2 amide bonds. The third kappa shape index (κ3) is 6.35. The van der Waals surface area contributed by atoms with E-state index in [1.54, 1.807) is 30.3 Å². The Labute approximate surface area is 205 Å². The average molecular weight is 478 g/mol. The summed E-state index contributed by atoms with van der Waals surface area (Å²) in [6, 6.07) is 15.3. The predicted octanol–water partition coefficient (Wildman–Crippen LogP) is 5.51. The molecule has 2 N–H and O–H groups in total. The molecule has 0 spiro atoms. The summed E-state index contributed by atoms with van der Waals surface area (Å²) >= 11 is 1.34. The molecule has 0 aliphatic heterocycles. The molecule has 1 unspecified atom stereocenters. The van der Waals surface area contributed by atoms with Gasteiger partial charge in [0.15, 0.2) is 11.0 Å². The van der Waals surface area contributed by atoms with Crippen LogP contribution in [-0.4, -0.2) is 31.8 Å².